The summed E-state index contributed by atoms with van der Waals surface area (Å²) in [6.45, 7) is -0.450. The second-order valence-corrected chi connectivity index (χ2v) is 7.93. The first-order valence-corrected chi connectivity index (χ1v) is 10.6. The van der Waals surface area contributed by atoms with Gasteiger partial charge in [-0.05, 0) is 31.7 Å². The maximum atomic E-state index is 12.4. The third-order valence-electron chi connectivity index (χ3n) is 5.43. The number of likely N-dealkylation sites (tertiary alicyclic amines) is 1. The van der Waals surface area contributed by atoms with Crippen LogP contribution in [0.3, 0.4) is 0 Å². The Morgan fingerprint density at radius 3 is 2.26 bits per heavy atom. The van der Waals surface area contributed by atoms with E-state index in [9.17, 15) is 22.8 Å². The lowest BCUT2D eigenvalue weighted by Crippen LogP contribution is -2.51. The first-order chi connectivity index (χ1) is 14.8. The second kappa shape index (κ2) is 10.5. The fraction of sp³-hybridized carbons (Fsp3) is 0.650. The minimum Gasteiger partial charge on any atom is -0.468 e. The number of ether oxygens (including phenoxy) is 1. The van der Waals surface area contributed by atoms with Gasteiger partial charge in [0.1, 0.15) is 0 Å². The van der Waals surface area contributed by atoms with Crippen molar-refractivity contribution in [3.8, 4) is 5.88 Å². The number of carbonyl (C=O) groups excluding carboxylic acids is 2. The van der Waals surface area contributed by atoms with Gasteiger partial charge >= 0.3 is 18.2 Å². The normalized spacial score (nSPS) is 18.4. The summed E-state index contributed by atoms with van der Waals surface area (Å²) in [6.07, 6.45) is 3.68. The Balaban J connectivity index is 1.37. The lowest BCUT2D eigenvalue weighted by atomic mass is 9.96. The summed E-state index contributed by atoms with van der Waals surface area (Å²) in [6, 6.07) is 2.49. The molecule has 1 aromatic heterocycles. The predicted molar refractivity (Wildman–Crippen MR) is 108 cm³/mol. The minimum atomic E-state index is -4.44. The monoisotopic (exact) mass is 443 g/mol. The van der Waals surface area contributed by atoms with Crippen molar-refractivity contribution in [2.24, 2.45) is 0 Å². The van der Waals surface area contributed by atoms with E-state index in [0.717, 1.165) is 25.7 Å². The van der Waals surface area contributed by atoms with Gasteiger partial charge in [-0.15, -0.1) is 0 Å². The molecule has 1 aliphatic heterocycles. The highest BCUT2D eigenvalue weighted by atomic mass is 19.4. The SMILES string of the molecule is O=C(NC1CCCCC1)NC1CCN(C(=O)Nc2ccc(OCC(F)(F)F)nc2)CC1. The van der Waals surface area contributed by atoms with Crippen LogP contribution in [-0.2, 0) is 0 Å². The third-order valence-corrected chi connectivity index (χ3v) is 5.43. The van der Waals surface area contributed by atoms with Crippen molar-refractivity contribution in [3.63, 3.8) is 0 Å². The van der Waals surface area contributed by atoms with Crippen LogP contribution < -0.4 is 20.7 Å². The summed E-state index contributed by atoms with van der Waals surface area (Å²) in [5, 5.41) is 8.69. The van der Waals surface area contributed by atoms with Crippen molar-refractivity contribution in [2.45, 2.75) is 63.2 Å². The summed E-state index contributed by atoms with van der Waals surface area (Å²) in [5.41, 5.74) is 0.358. The quantitative estimate of drug-likeness (QED) is 0.647. The molecule has 0 spiro atoms. The fourth-order valence-corrected chi connectivity index (χ4v) is 3.78. The van der Waals surface area contributed by atoms with Gasteiger partial charge in [-0.3, -0.25) is 0 Å². The molecule has 0 unspecified atom stereocenters. The summed E-state index contributed by atoms with van der Waals surface area (Å²) >= 11 is 0. The Morgan fingerprint density at radius 1 is 1.03 bits per heavy atom. The van der Waals surface area contributed by atoms with E-state index in [1.54, 1.807) is 4.90 Å². The van der Waals surface area contributed by atoms with Crippen LogP contribution in [0.2, 0.25) is 0 Å². The van der Waals surface area contributed by atoms with Crippen molar-refractivity contribution in [1.29, 1.82) is 0 Å². The molecule has 1 saturated carbocycles. The first-order valence-electron chi connectivity index (χ1n) is 10.6. The molecule has 31 heavy (non-hydrogen) atoms. The van der Waals surface area contributed by atoms with Crippen molar-refractivity contribution in [2.75, 3.05) is 25.0 Å². The largest absolute Gasteiger partial charge is 0.468 e. The van der Waals surface area contributed by atoms with Gasteiger partial charge in [0.25, 0.3) is 0 Å². The van der Waals surface area contributed by atoms with Gasteiger partial charge in [0.15, 0.2) is 6.61 Å². The van der Waals surface area contributed by atoms with E-state index >= 15 is 0 Å². The number of alkyl halides is 3. The topological polar surface area (TPSA) is 95.6 Å². The van der Waals surface area contributed by atoms with Crippen LogP contribution in [0.15, 0.2) is 18.3 Å². The number of nitrogens with one attached hydrogen (secondary N) is 3. The molecule has 2 fully saturated rings. The van der Waals surface area contributed by atoms with Crippen LogP contribution in [0.1, 0.15) is 44.9 Å². The van der Waals surface area contributed by atoms with Crippen molar-refractivity contribution in [1.82, 2.24) is 20.5 Å². The number of hydrogen-bond donors (Lipinski definition) is 3. The lowest BCUT2D eigenvalue weighted by Gasteiger charge is -2.33. The molecule has 3 rings (SSSR count). The third kappa shape index (κ3) is 7.80. The molecule has 11 heteroatoms. The number of amides is 4. The van der Waals surface area contributed by atoms with E-state index in [1.807, 2.05) is 0 Å². The van der Waals surface area contributed by atoms with Crippen molar-refractivity contribution >= 4 is 17.7 Å². The number of anilines is 1. The number of hydrogen-bond acceptors (Lipinski definition) is 4. The Morgan fingerprint density at radius 2 is 1.68 bits per heavy atom. The Hall–Kier alpha value is -2.72. The van der Waals surface area contributed by atoms with Crippen molar-refractivity contribution in [3.05, 3.63) is 18.3 Å². The van der Waals surface area contributed by atoms with Gasteiger partial charge in [-0.2, -0.15) is 13.2 Å². The van der Waals surface area contributed by atoms with Crippen LogP contribution in [0.5, 0.6) is 5.88 Å². The van der Waals surface area contributed by atoms with Crippen LogP contribution in [0.25, 0.3) is 0 Å². The average Bonchev–Trinajstić information content (AvgIpc) is 2.74. The molecule has 1 aromatic rings. The van der Waals surface area contributed by atoms with E-state index in [-0.39, 0.29) is 30.0 Å². The molecule has 172 valence electrons. The average molecular weight is 443 g/mol. The molecule has 0 radical (unpaired) electrons. The van der Waals surface area contributed by atoms with Crippen molar-refractivity contribution < 1.29 is 27.5 Å². The zero-order valence-corrected chi connectivity index (χ0v) is 17.2. The molecule has 1 aliphatic carbocycles. The number of pyridine rings is 1. The number of urea groups is 2. The Labute approximate surface area is 178 Å². The summed E-state index contributed by atoms with van der Waals surface area (Å²) in [4.78, 5) is 30.0. The molecule has 2 aliphatic rings. The van der Waals surface area contributed by atoms with Gasteiger partial charge in [-0.1, -0.05) is 19.3 Å². The van der Waals surface area contributed by atoms with E-state index in [4.69, 9.17) is 0 Å². The minimum absolute atomic E-state index is 0.0133. The van der Waals surface area contributed by atoms with Gasteiger partial charge in [0.05, 0.1) is 11.9 Å². The number of piperidine rings is 1. The molecule has 4 amide bonds. The van der Waals surface area contributed by atoms with E-state index in [0.29, 0.717) is 31.6 Å². The number of rotatable bonds is 5. The molecule has 3 N–H and O–H groups in total. The van der Waals surface area contributed by atoms with Gasteiger partial charge in [0.2, 0.25) is 5.88 Å². The number of halogens is 3. The number of nitrogens with zero attached hydrogens (tertiary/aromatic N) is 2. The molecule has 2 heterocycles. The molecule has 0 aromatic carbocycles. The second-order valence-electron chi connectivity index (χ2n) is 7.93. The highest BCUT2D eigenvalue weighted by molar-refractivity contribution is 5.89. The molecular formula is C20H28F3N5O3. The summed E-state index contributed by atoms with van der Waals surface area (Å²) < 4.78 is 41.0. The Bertz CT molecular complexity index is 731. The van der Waals surface area contributed by atoms with Crippen LogP contribution in [-0.4, -0.2) is 59.9 Å². The number of aromatic nitrogens is 1. The Kier molecular flexibility index (Phi) is 7.80. The molecule has 1 saturated heterocycles. The highest BCUT2D eigenvalue weighted by Crippen LogP contribution is 2.19. The van der Waals surface area contributed by atoms with E-state index in [2.05, 4.69) is 25.7 Å². The summed E-state index contributed by atoms with van der Waals surface area (Å²) in [5.74, 6) is -0.172. The standard InChI is InChI=1S/C20H28F3N5O3/c21-20(22,23)13-31-17-7-6-16(12-24-17)27-19(30)28-10-8-15(9-11-28)26-18(29)25-14-4-2-1-3-5-14/h6-7,12,14-15H,1-5,8-11,13H2,(H,27,30)(H2,25,26,29). The van der Waals surface area contributed by atoms with Crippen LogP contribution >= 0.6 is 0 Å². The highest BCUT2D eigenvalue weighted by Gasteiger charge is 2.29. The van der Waals surface area contributed by atoms with E-state index in [1.165, 1.54) is 24.8 Å². The summed E-state index contributed by atoms with van der Waals surface area (Å²) in [7, 11) is 0. The first kappa shape index (κ1) is 23.0. The molecule has 0 atom stereocenters. The van der Waals surface area contributed by atoms with Crippen LogP contribution in [0.4, 0.5) is 28.4 Å². The molecule has 0 bridgehead atoms. The fourth-order valence-electron chi connectivity index (χ4n) is 3.78. The molecule has 8 nitrogen and oxygen atoms in total. The van der Waals surface area contributed by atoms with Gasteiger partial charge < -0.3 is 25.6 Å². The van der Waals surface area contributed by atoms with E-state index < -0.39 is 12.8 Å². The predicted octanol–water partition coefficient (Wildman–Crippen LogP) is 3.65. The number of carbonyl (C=O) groups is 2. The smallest absolute Gasteiger partial charge is 0.422 e. The zero-order valence-electron chi connectivity index (χ0n) is 17.2. The lowest BCUT2D eigenvalue weighted by molar-refractivity contribution is -0.154. The zero-order chi connectivity index (χ0) is 22.3. The molecular weight excluding hydrogens is 415 g/mol. The van der Waals surface area contributed by atoms with Gasteiger partial charge in [-0.25, -0.2) is 14.6 Å². The maximum absolute atomic E-state index is 12.4. The van der Waals surface area contributed by atoms with Gasteiger partial charge in [0, 0.05) is 31.2 Å². The maximum Gasteiger partial charge on any atom is 0.422 e. The van der Waals surface area contributed by atoms with Crippen LogP contribution in [0, 0.1) is 0 Å².